The van der Waals surface area contributed by atoms with Gasteiger partial charge in [0.15, 0.2) is 21.5 Å². The Morgan fingerprint density at radius 3 is 2.13 bits per heavy atom. The van der Waals surface area contributed by atoms with Gasteiger partial charge in [0.05, 0.1) is 10.9 Å². The first-order valence-electron chi connectivity index (χ1n) is 10.3. The molecule has 2 aromatic carbocycles. The van der Waals surface area contributed by atoms with Crippen molar-refractivity contribution in [1.29, 1.82) is 0 Å². The van der Waals surface area contributed by atoms with Gasteiger partial charge in [-0.05, 0) is 67.9 Å². The summed E-state index contributed by atoms with van der Waals surface area (Å²) in [6, 6.07) is 15.0. The van der Waals surface area contributed by atoms with Crippen LogP contribution in [-0.2, 0) is 15.7 Å². The van der Waals surface area contributed by atoms with Gasteiger partial charge in [-0.25, -0.2) is 13.1 Å². The molecule has 1 aliphatic heterocycles. The van der Waals surface area contributed by atoms with Gasteiger partial charge >= 0.3 is 0 Å². The number of piperidine rings is 1. The van der Waals surface area contributed by atoms with Gasteiger partial charge in [0.25, 0.3) is 0 Å². The van der Waals surface area contributed by atoms with Crippen LogP contribution in [0.3, 0.4) is 0 Å². The molecule has 0 saturated carbocycles. The van der Waals surface area contributed by atoms with Crippen molar-refractivity contribution in [3.8, 4) is 0 Å². The molecule has 1 atom stereocenters. The summed E-state index contributed by atoms with van der Waals surface area (Å²) in [7, 11) is -3.57. The van der Waals surface area contributed by atoms with Gasteiger partial charge in [0.1, 0.15) is 0 Å². The van der Waals surface area contributed by atoms with Crippen LogP contribution >= 0.6 is 0 Å². The van der Waals surface area contributed by atoms with E-state index in [9.17, 15) is 8.42 Å². The van der Waals surface area contributed by atoms with Crippen LogP contribution in [0.25, 0.3) is 0 Å². The van der Waals surface area contributed by atoms with Crippen molar-refractivity contribution < 1.29 is 8.42 Å². The molecule has 0 amide bonds. The average Bonchev–Trinajstić information content (AvgIpc) is 3.18. The van der Waals surface area contributed by atoms with Gasteiger partial charge < -0.3 is 0 Å². The summed E-state index contributed by atoms with van der Waals surface area (Å²) in [5.41, 5.74) is 3.27. The quantitative estimate of drug-likeness (QED) is 0.603. The molecular formula is C22H27N5O2S. The second kappa shape index (κ2) is 8.65. The molecule has 158 valence electrons. The van der Waals surface area contributed by atoms with Crippen molar-refractivity contribution in [2.24, 2.45) is 0 Å². The zero-order valence-electron chi connectivity index (χ0n) is 17.4. The van der Waals surface area contributed by atoms with Crippen LogP contribution in [0.4, 0.5) is 0 Å². The van der Waals surface area contributed by atoms with Gasteiger partial charge in [-0.3, -0.25) is 4.90 Å². The van der Waals surface area contributed by atoms with E-state index in [0.29, 0.717) is 5.82 Å². The maximum absolute atomic E-state index is 13.0. The molecule has 7 nitrogen and oxygen atoms in total. The summed E-state index contributed by atoms with van der Waals surface area (Å²) >= 11 is 0. The number of aromatic nitrogens is 4. The highest BCUT2D eigenvalue weighted by Gasteiger charge is 2.30. The van der Waals surface area contributed by atoms with Crippen molar-refractivity contribution >= 4 is 9.84 Å². The first-order chi connectivity index (χ1) is 14.4. The van der Waals surface area contributed by atoms with Crippen LogP contribution in [-0.4, -0.2) is 46.6 Å². The standard InChI is InChI=1S/C22H27N5O2S/c1-17-6-10-19(11-7-17)21(26-14-4-3-5-15-26)22-23-24-25-27(22)16-30(28,29)20-12-8-18(2)9-13-20/h6-13,21H,3-5,14-16H2,1-2H3/t21-/m1/s1. The van der Waals surface area contributed by atoms with Crippen LogP contribution in [0, 0.1) is 13.8 Å². The number of hydrogen-bond acceptors (Lipinski definition) is 6. The third kappa shape index (κ3) is 4.44. The molecule has 3 aromatic rings. The number of rotatable bonds is 6. The minimum Gasteiger partial charge on any atom is -0.290 e. The maximum Gasteiger partial charge on any atom is 0.198 e. The van der Waals surface area contributed by atoms with E-state index in [1.54, 1.807) is 24.3 Å². The van der Waals surface area contributed by atoms with Crippen LogP contribution in [0.5, 0.6) is 0 Å². The Hall–Kier alpha value is -2.58. The van der Waals surface area contributed by atoms with Gasteiger partial charge in [0.2, 0.25) is 0 Å². The zero-order chi connectivity index (χ0) is 21.1. The van der Waals surface area contributed by atoms with Gasteiger partial charge in [0, 0.05) is 0 Å². The lowest BCUT2D eigenvalue weighted by atomic mass is 10.00. The number of benzene rings is 2. The molecule has 1 aromatic heterocycles. The lowest BCUT2D eigenvalue weighted by Crippen LogP contribution is -2.36. The summed E-state index contributed by atoms with van der Waals surface area (Å²) in [5.74, 6) is 0.283. The number of tetrazole rings is 1. The van der Waals surface area contributed by atoms with Gasteiger partial charge in [-0.1, -0.05) is 53.9 Å². The molecule has 0 spiro atoms. The van der Waals surface area contributed by atoms with Crippen LogP contribution in [0.15, 0.2) is 53.4 Å². The Bertz CT molecular complexity index is 1090. The van der Waals surface area contributed by atoms with Crippen molar-refractivity contribution in [3.05, 3.63) is 71.0 Å². The minimum atomic E-state index is -3.57. The molecule has 0 bridgehead atoms. The fourth-order valence-corrected chi connectivity index (χ4v) is 5.13. The summed E-state index contributed by atoms with van der Waals surface area (Å²) in [4.78, 5) is 2.63. The normalized spacial score (nSPS) is 16.5. The third-order valence-electron chi connectivity index (χ3n) is 5.63. The Kier molecular flexibility index (Phi) is 5.97. The first kappa shape index (κ1) is 20.7. The van der Waals surface area contributed by atoms with E-state index >= 15 is 0 Å². The van der Waals surface area contributed by atoms with E-state index in [-0.39, 0.29) is 16.8 Å². The van der Waals surface area contributed by atoms with Crippen molar-refractivity contribution in [2.75, 3.05) is 13.1 Å². The summed E-state index contributed by atoms with van der Waals surface area (Å²) in [6.45, 7) is 5.87. The molecule has 30 heavy (non-hydrogen) atoms. The lowest BCUT2D eigenvalue weighted by molar-refractivity contribution is 0.178. The van der Waals surface area contributed by atoms with Crippen LogP contribution < -0.4 is 0 Å². The predicted octanol–water partition coefficient (Wildman–Crippen LogP) is 3.30. The van der Waals surface area contributed by atoms with E-state index in [2.05, 4.69) is 51.6 Å². The molecule has 1 saturated heterocycles. The number of sulfone groups is 1. The molecule has 0 unspecified atom stereocenters. The van der Waals surface area contributed by atoms with Gasteiger partial charge in [-0.15, -0.1) is 5.10 Å². The monoisotopic (exact) mass is 425 g/mol. The molecule has 2 heterocycles. The predicted molar refractivity (Wildman–Crippen MR) is 115 cm³/mol. The maximum atomic E-state index is 13.0. The van der Waals surface area contributed by atoms with Crippen LogP contribution in [0.2, 0.25) is 0 Å². The number of likely N-dealkylation sites (tertiary alicyclic amines) is 1. The minimum absolute atomic E-state index is 0.172. The molecule has 4 rings (SSSR count). The highest BCUT2D eigenvalue weighted by atomic mass is 32.2. The summed E-state index contributed by atoms with van der Waals surface area (Å²) < 4.78 is 27.5. The van der Waals surface area contributed by atoms with E-state index in [0.717, 1.165) is 37.1 Å². The van der Waals surface area contributed by atoms with Gasteiger partial charge in [-0.2, -0.15) is 0 Å². The van der Waals surface area contributed by atoms with Crippen molar-refractivity contribution in [2.45, 2.75) is 49.9 Å². The Morgan fingerprint density at radius 2 is 1.50 bits per heavy atom. The highest BCUT2D eigenvalue weighted by Crippen LogP contribution is 2.30. The first-order valence-corrected chi connectivity index (χ1v) is 12.0. The molecular weight excluding hydrogens is 398 g/mol. The summed E-state index contributed by atoms with van der Waals surface area (Å²) in [5, 5.41) is 12.2. The van der Waals surface area contributed by atoms with Crippen molar-refractivity contribution in [3.63, 3.8) is 0 Å². The largest absolute Gasteiger partial charge is 0.290 e. The van der Waals surface area contributed by atoms with E-state index in [4.69, 9.17) is 0 Å². The Balaban J connectivity index is 1.70. The fourth-order valence-electron chi connectivity index (χ4n) is 3.93. The Labute approximate surface area is 177 Å². The molecule has 0 N–H and O–H groups in total. The van der Waals surface area contributed by atoms with Crippen molar-refractivity contribution in [1.82, 2.24) is 25.1 Å². The van der Waals surface area contributed by atoms with E-state index in [1.807, 2.05) is 6.92 Å². The lowest BCUT2D eigenvalue weighted by Gasteiger charge is -2.34. The van der Waals surface area contributed by atoms with Crippen LogP contribution in [0.1, 0.15) is 47.8 Å². The molecule has 0 radical (unpaired) electrons. The van der Waals surface area contributed by atoms with E-state index in [1.165, 1.54) is 16.7 Å². The number of nitrogens with zero attached hydrogens (tertiary/aromatic N) is 5. The topological polar surface area (TPSA) is 81.0 Å². The molecule has 1 fully saturated rings. The SMILES string of the molecule is Cc1ccc([C@H](c2nnnn2CS(=O)(=O)c2ccc(C)cc2)N2CCCCC2)cc1. The highest BCUT2D eigenvalue weighted by molar-refractivity contribution is 7.90. The molecule has 0 aliphatic carbocycles. The second-order valence-corrected chi connectivity index (χ2v) is 9.96. The average molecular weight is 426 g/mol. The molecule has 8 heteroatoms. The number of hydrogen-bond donors (Lipinski definition) is 0. The smallest absolute Gasteiger partial charge is 0.198 e. The van der Waals surface area contributed by atoms with E-state index < -0.39 is 9.84 Å². The number of aryl methyl sites for hydroxylation is 2. The second-order valence-electron chi connectivity index (χ2n) is 8.00. The summed E-state index contributed by atoms with van der Waals surface area (Å²) in [6.07, 6.45) is 3.45. The fraction of sp³-hybridized carbons (Fsp3) is 0.409. The Morgan fingerprint density at radius 1 is 0.900 bits per heavy atom. The third-order valence-corrected chi connectivity index (χ3v) is 7.20. The zero-order valence-corrected chi connectivity index (χ0v) is 18.2. The molecule has 1 aliphatic rings.